The molecule has 3 nitrogen and oxygen atoms in total. The van der Waals surface area contributed by atoms with Crippen molar-refractivity contribution >= 4 is 11.4 Å². The zero-order chi connectivity index (χ0) is 13.8. The number of rotatable bonds is 3. The molecule has 0 spiro atoms. The number of nitriles is 1. The summed E-state index contributed by atoms with van der Waals surface area (Å²) in [5, 5.41) is 11.5. The first kappa shape index (κ1) is 12.8. The van der Waals surface area contributed by atoms with Crippen LogP contribution in [0.2, 0.25) is 0 Å². The number of halogens is 2. The summed E-state index contributed by atoms with van der Waals surface area (Å²) >= 11 is 0. The smallest absolute Gasteiger partial charge is 0.145 e. The van der Waals surface area contributed by atoms with Gasteiger partial charge in [-0.3, -0.25) is 0 Å². The third-order valence-corrected chi connectivity index (χ3v) is 2.53. The Labute approximate surface area is 109 Å². The van der Waals surface area contributed by atoms with Gasteiger partial charge >= 0.3 is 0 Å². The molecule has 1 N–H and O–H groups in total. The maximum absolute atomic E-state index is 13.4. The quantitative estimate of drug-likeness (QED) is 0.917. The predicted molar refractivity (Wildman–Crippen MR) is 67.3 cm³/mol. The maximum Gasteiger partial charge on any atom is 0.145 e. The number of anilines is 2. The zero-order valence-electron chi connectivity index (χ0n) is 10.1. The molecule has 0 amide bonds. The number of nitrogens with one attached hydrogen (secondary N) is 1. The van der Waals surface area contributed by atoms with E-state index in [4.69, 9.17) is 10.00 Å². The summed E-state index contributed by atoms with van der Waals surface area (Å²) in [4.78, 5) is 0. The molecular formula is C14H10F2N2O. The van der Waals surface area contributed by atoms with E-state index in [9.17, 15) is 8.78 Å². The first-order chi connectivity index (χ1) is 9.13. The number of ether oxygens (including phenoxy) is 1. The van der Waals surface area contributed by atoms with Gasteiger partial charge in [-0.2, -0.15) is 5.26 Å². The molecule has 96 valence electrons. The summed E-state index contributed by atoms with van der Waals surface area (Å²) in [6, 6.07) is 9.85. The van der Waals surface area contributed by atoms with Gasteiger partial charge in [-0.15, -0.1) is 0 Å². The van der Waals surface area contributed by atoms with Crippen LogP contribution in [0.15, 0.2) is 36.4 Å². The van der Waals surface area contributed by atoms with Crippen molar-refractivity contribution in [1.29, 1.82) is 5.26 Å². The van der Waals surface area contributed by atoms with E-state index in [1.807, 2.05) is 0 Å². The molecule has 2 rings (SSSR count). The third kappa shape index (κ3) is 2.80. The fourth-order valence-electron chi connectivity index (χ4n) is 1.61. The molecule has 0 atom stereocenters. The van der Waals surface area contributed by atoms with E-state index in [-0.39, 0.29) is 5.56 Å². The molecule has 2 aromatic carbocycles. The Balaban J connectivity index is 2.31. The van der Waals surface area contributed by atoms with Crippen molar-refractivity contribution < 1.29 is 13.5 Å². The SMILES string of the molecule is COc1cc(F)ccc1Nc1ccc(C#N)c(F)c1. The topological polar surface area (TPSA) is 45.0 Å². The minimum atomic E-state index is -0.617. The van der Waals surface area contributed by atoms with Crippen LogP contribution in [0.25, 0.3) is 0 Å². The van der Waals surface area contributed by atoms with E-state index in [0.29, 0.717) is 17.1 Å². The molecule has 5 heteroatoms. The number of benzene rings is 2. The lowest BCUT2D eigenvalue weighted by Gasteiger charge is -2.11. The van der Waals surface area contributed by atoms with Gasteiger partial charge in [0.15, 0.2) is 0 Å². The van der Waals surface area contributed by atoms with Crippen molar-refractivity contribution in [1.82, 2.24) is 0 Å². The van der Waals surface area contributed by atoms with Crippen LogP contribution in [0.1, 0.15) is 5.56 Å². The summed E-state index contributed by atoms with van der Waals surface area (Å²) in [7, 11) is 1.42. The van der Waals surface area contributed by atoms with E-state index >= 15 is 0 Å². The largest absolute Gasteiger partial charge is 0.494 e. The highest BCUT2D eigenvalue weighted by Gasteiger charge is 2.07. The highest BCUT2D eigenvalue weighted by Crippen LogP contribution is 2.28. The second kappa shape index (κ2) is 5.36. The summed E-state index contributed by atoms with van der Waals surface area (Å²) in [5.41, 5.74) is 0.922. The van der Waals surface area contributed by atoms with E-state index in [0.717, 1.165) is 0 Å². The van der Waals surface area contributed by atoms with E-state index < -0.39 is 11.6 Å². The van der Waals surface area contributed by atoms with Gasteiger partial charge in [-0.05, 0) is 30.3 Å². The average molecular weight is 260 g/mol. The predicted octanol–water partition coefficient (Wildman–Crippen LogP) is 3.59. The molecule has 0 aliphatic heterocycles. The van der Waals surface area contributed by atoms with Gasteiger partial charge < -0.3 is 10.1 Å². The van der Waals surface area contributed by atoms with Crippen molar-refractivity contribution in [2.75, 3.05) is 12.4 Å². The molecule has 0 radical (unpaired) electrons. The van der Waals surface area contributed by atoms with Crippen LogP contribution < -0.4 is 10.1 Å². The Morgan fingerprint density at radius 1 is 1.16 bits per heavy atom. The molecule has 2 aromatic rings. The van der Waals surface area contributed by atoms with Gasteiger partial charge in [0.2, 0.25) is 0 Å². The number of nitrogens with zero attached hydrogens (tertiary/aromatic N) is 1. The fourth-order valence-corrected chi connectivity index (χ4v) is 1.61. The average Bonchev–Trinajstić information content (AvgIpc) is 2.41. The monoisotopic (exact) mass is 260 g/mol. The van der Waals surface area contributed by atoms with Crippen LogP contribution in [0.3, 0.4) is 0 Å². The van der Waals surface area contributed by atoms with Gasteiger partial charge in [0.05, 0.1) is 18.4 Å². The van der Waals surface area contributed by atoms with Crippen LogP contribution in [-0.2, 0) is 0 Å². The highest BCUT2D eigenvalue weighted by molar-refractivity contribution is 5.66. The first-order valence-electron chi connectivity index (χ1n) is 5.44. The summed E-state index contributed by atoms with van der Waals surface area (Å²) in [6.07, 6.45) is 0. The maximum atomic E-state index is 13.4. The molecule has 19 heavy (non-hydrogen) atoms. The molecule has 0 fully saturated rings. The van der Waals surface area contributed by atoms with Crippen LogP contribution >= 0.6 is 0 Å². The van der Waals surface area contributed by atoms with Gasteiger partial charge in [0.1, 0.15) is 23.5 Å². The lowest BCUT2D eigenvalue weighted by Crippen LogP contribution is -1.96. The van der Waals surface area contributed by atoms with Gasteiger partial charge in [-0.25, -0.2) is 8.78 Å². The Morgan fingerprint density at radius 2 is 1.95 bits per heavy atom. The summed E-state index contributed by atoms with van der Waals surface area (Å²) in [6.45, 7) is 0. The first-order valence-corrected chi connectivity index (χ1v) is 5.44. The normalized spacial score (nSPS) is 9.79. The van der Waals surface area contributed by atoms with Crippen LogP contribution in [0, 0.1) is 23.0 Å². The van der Waals surface area contributed by atoms with E-state index in [2.05, 4.69) is 5.32 Å². The molecule has 0 saturated carbocycles. The van der Waals surface area contributed by atoms with Crippen molar-refractivity contribution in [2.45, 2.75) is 0 Å². The molecule has 0 aliphatic carbocycles. The van der Waals surface area contributed by atoms with E-state index in [1.54, 1.807) is 12.1 Å². The molecular weight excluding hydrogens is 250 g/mol. The molecule has 0 heterocycles. The Morgan fingerprint density at radius 3 is 2.58 bits per heavy atom. The molecule has 0 aromatic heterocycles. The highest BCUT2D eigenvalue weighted by atomic mass is 19.1. The lowest BCUT2D eigenvalue weighted by molar-refractivity contribution is 0.413. The minimum absolute atomic E-state index is 0.0309. The van der Waals surface area contributed by atoms with Crippen molar-refractivity contribution in [3.8, 4) is 11.8 Å². The van der Waals surface area contributed by atoms with Crippen molar-refractivity contribution in [3.63, 3.8) is 0 Å². The number of methoxy groups -OCH3 is 1. The minimum Gasteiger partial charge on any atom is -0.494 e. The van der Waals surface area contributed by atoms with Crippen molar-refractivity contribution in [2.24, 2.45) is 0 Å². The molecule has 0 saturated heterocycles. The Hall–Kier alpha value is -2.61. The van der Waals surface area contributed by atoms with E-state index in [1.165, 1.54) is 37.4 Å². The van der Waals surface area contributed by atoms with Crippen LogP contribution in [0.4, 0.5) is 20.2 Å². The zero-order valence-corrected chi connectivity index (χ0v) is 10.1. The van der Waals surface area contributed by atoms with Crippen LogP contribution in [0.5, 0.6) is 5.75 Å². The fraction of sp³-hybridized carbons (Fsp3) is 0.0714. The summed E-state index contributed by atoms with van der Waals surface area (Å²) in [5.74, 6) is -0.730. The van der Waals surface area contributed by atoms with Gasteiger partial charge in [0, 0.05) is 11.8 Å². The molecule has 0 aliphatic rings. The second-order valence-electron chi connectivity index (χ2n) is 3.78. The van der Waals surface area contributed by atoms with Gasteiger partial charge in [-0.1, -0.05) is 0 Å². The lowest BCUT2D eigenvalue weighted by atomic mass is 10.2. The second-order valence-corrected chi connectivity index (χ2v) is 3.78. The third-order valence-electron chi connectivity index (χ3n) is 2.53. The van der Waals surface area contributed by atoms with Gasteiger partial charge in [0.25, 0.3) is 0 Å². The van der Waals surface area contributed by atoms with Crippen LogP contribution in [-0.4, -0.2) is 7.11 Å². The Bertz CT molecular complexity index is 650. The summed E-state index contributed by atoms with van der Waals surface area (Å²) < 4.78 is 31.5. The standard InChI is InChI=1S/C14H10F2N2O/c1-19-14-6-10(15)3-5-13(14)18-11-4-2-9(8-17)12(16)7-11/h2-7,18H,1H3. The Kier molecular flexibility index (Phi) is 3.62. The number of hydrogen-bond acceptors (Lipinski definition) is 3. The van der Waals surface area contributed by atoms with Crippen molar-refractivity contribution in [3.05, 3.63) is 53.6 Å². The molecule has 0 bridgehead atoms. The number of hydrogen-bond donors (Lipinski definition) is 1. The molecule has 0 unspecified atom stereocenters.